The first-order chi connectivity index (χ1) is 30.1. The maximum absolute atomic E-state index is 13.2. The van der Waals surface area contributed by atoms with Gasteiger partial charge in [0.15, 0.2) is 0 Å². The molecule has 2 amide bonds. The zero-order valence-corrected chi connectivity index (χ0v) is 39.0. The van der Waals surface area contributed by atoms with Crippen LogP contribution < -0.4 is 0 Å². The van der Waals surface area contributed by atoms with E-state index < -0.39 is 5.60 Å². The fraction of sp³-hybridized carbons (Fsp3) is 0.360. The highest BCUT2D eigenvalue weighted by molar-refractivity contribution is 9.10. The van der Waals surface area contributed by atoms with Crippen molar-refractivity contribution >= 4 is 63.1 Å². The molecule has 3 saturated heterocycles. The highest BCUT2D eigenvalue weighted by atomic mass is 79.9. The molecule has 0 bridgehead atoms. The number of piperazine rings is 2. The molecule has 4 aromatic rings. The number of hydrogen-bond donors (Lipinski definition) is 1. The molecular formula is C50H54BrCl2F2N5O3. The van der Waals surface area contributed by atoms with Gasteiger partial charge in [-0.25, -0.2) is 8.78 Å². The summed E-state index contributed by atoms with van der Waals surface area (Å²) in [5, 5.41) is 12.0. The predicted molar refractivity (Wildman–Crippen MR) is 253 cm³/mol. The highest BCUT2D eigenvalue weighted by Gasteiger charge is 2.30. The van der Waals surface area contributed by atoms with Crippen LogP contribution in [0.25, 0.3) is 12.2 Å². The van der Waals surface area contributed by atoms with Crippen LogP contribution >= 0.6 is 39.1 Å². The molecule has 0 saturated carbocycles. The minimum absolute atomic E-state index is 0.00535. The van der Waals surface area contributed by atoms with Crippen molar-refractivity contribution in [2.45, 2.75) is 57.5 Å². The largest absolute Gasteiger partial charge is 0.377 e. The monoisotopic (exact) mass is 959 g/mol. The fourth-order valence-electron chi connectivity index (χ4n) is 7.93. The first-order valence-corrected chi connectivity index (χ1v) is 22.8. The van der Waals surface area contributed by atoms with Gasteiger partial charge in [-0.1, -0.05) is 87.4 Å². The molecule has 1 N–H and O–H groups in total. The molecule has 332 valence electrons. The summed E-state index contributed by atoms with van der Waals surface area (Å²) in [6.45, 7) is 11.6. The van der Waals surface area contributed by atoms with Gasteiger partial charge in [0, 0.05) is 123 Å². The van der Waals surface area contributed by atoms with Crippen molar-refractivity contribution in [2.24, 2.45) is 0 Å². The van der Waals surface area contributed by atoms with Gasteiger partial charge in [0.05, 0.1) is 0 Å². The lowest BCUT2D eigenvalue weighted by atomic mass is 9.92. The topological polar surface area (TPSA) is 70.6 Å². The smallest absolute Gasteiger partial charge is 0.246 e. The number of benzene rings is 4. The van der Waals surface area contributed by atoms with Crippen molar-refractivity contribution in [1.82, 2.24) is 24.5 Å². The Morgan fingerprint density at radius 3 is 1.65 bits per heavy atom. The van der Waals surface area contributed by atoms with Crippen LogP contribution in [-0.2, 0) is 22.7 Å². The molecule has 0 spiro atoms. The summed E-state index contributed by atoms with van der Waals surface area (Å²) in [5.74, 6) is 5.67. The van der Waals surface area contributed by atoms with Crippen LogP contribution in [0, 0.1) is 23.5 Å². The lowest BCUT2D eigenvalue weighted by Crippen LogP contribution is -2.53. The molecule has 8 nitrogen and oxygen atoms in total. The summed E-state index contributed by atoms with van der Waals surface area (Å²) in [5.41, 5.74) is 3.53. The summed E-state index contributed by atoms with van der Waals surface area (Å²) in [7, 11) is 2.04. The number of amides is 2. The number of likely N-dealkylation sites (tertiary alicyclic amines) is 1. The van der Waals surface area contributed by atoms with E-state index in [-0.39, 0.29) is 35.5 Å². The predicted octanol–water partition coefficient (Wildman–Crippen LogP) is 9.02. The zero-order valence-electron chi connectivity index (χ0n) is 35.9. The molecule has 7 rings (SSSR count). The number of aliphatic hydroxyl groups is 1. The van der Waals surface area contributed by atoms with Gasteiger partial charge in [-0.2, -0.15) is 0 Å². The second-order valence-electron chi connectivity index (χ2n) is 16.6. The maximum Gasteiger partial charge on any atom is 0.246 e. The third kappa shape index (κ3) is 14.3. The molecule has 13 heteroatoms. The Labute approximate surface area is 388 Å². The Morgan fingerprint density at radius 2 is 1.17 bits per heavy atom. The SMILES string of the molecule is C[C@H]1CN(Cc2ccc(F)cc2)CCN1C(=O)/C=C/c1ccc(Cl)cc1Br.C[C@H]1CN(Cc2ccc(F)cc2)CCN1C(=O)/C=C/c1ccc(Cl)cc1C#CC1(O)CCN(C)CC1. The minimum atomic E-state index is -1.01. The highest BCUT2D eigenvalue weighted by Crippen LogP contribution is 2.25. The summed E-state index contributed by atoms with van der Waals surface area (Å²) in [6, 6.07) is 24.2. The molecule has 0 aromatic heterocycles. The Morgan fingerprint density at radius 1 is 0.714 bits per heavy atom. The van der Waals surface area contributed by atoms with E-state index in [1.165, 1.54) is 24.3 Å². The van der Waals surface area contributed by atoms with Gasteiger partial charge in [-0.3, -0.25) is 19.4 Å². The molecule has 3 fully saturated rings. The van der Waals surface area contributed by atoms with Gasteiger partial charge >= 0.3 is 0 Å². The van der Waals surface area contributed by atoms with Crippen LogP contribution in [0.15, 0.2) is 102 Å². The Hall–Kier alpha value is -4.38. The normalized spacial score (nSPS) is 19.7. The third-order valence-electron chi connectivity index (χ3n) is 11.7. The van der Waals surface area contributed by atoms with E-state index >= 15 is 0 Å². The first kappa shape index (κ1) is 48.1. The second-order valence-corrected chi connectivity index (χ2v) is 18.4. The summed E-state index contributed by atoms with van der Waals surface area (Å²) in [4.78, 5) is 36.1. The van der Waals surface area contributed by atoms with Crippen molar-refractivity contribution in [3.05, 3.63) is 151 Å². The number of carbonyl (C=O) groups is 2. The van der Waals surface area contributed by atoms with E-state index in [0.717, 1.165) is 79.1 Å². The summed E-state index contributed by atoms with van der Waals surface area (Å²) < 4.78 is 27.1. The van der Waals surface area contributed by atoms with Crippen LogP contribution in [0.2, 0.25) is 10.0 Å². The van der Waals surface area contributed by atoms with Crippen LogP contribution in [0.1, 0.15) is 54.5 Å². The standard InChI is InChI=1S/C29H33ClFN3O2.C21H21BrClFN2O/c1-22-20-33(21-23-3-8-27(31)9-4-23)17-18-34(22)28(35)10-6-24-5-7-26(30)19-25(24)11-12-29(36)13-15-32(2)16-14-29;1-15-13-25(14-16-2-7-19(24)8-3-16)10-11-26(15)21(27)9-5-17-4-6-18(23)12-20(17)22/h3-10,19,22,36H,13-18,20-21H2,1-2H3;2-9,12,15H,10-11,13-14H2,1H3/b10-6+;9-5+/t22-;15-/m00/s1. The third-order valence-corrected chi connectivity index (χ3v) is 12.8. The summed E-state index contributed by atoms with van der Waals surface area (Å²) in [6.07, 6.45) is 7.99. The Bertz CT molecular complexity index is 2330. The van der Waals surface area contributed by atoms with E-state index in [4.69, 9.17) is 23.2 Å². The maximum atomic E-state index is 13.2. The van der Waals surface area contributed by atoms with E-state index in [1.807, 2.05) is 54.1 Å². The van der Waals surface area contributed by atoms with Crippen molar-refractivity contribution in [1.29, 1.82) is 0 Å². The van der Waals surface area contributed by atoms with Crippen LogP contribution in [0.3, 0.4) is 0 Å². The number of nitrogens with zero attached hydrogens (tertiary/aromatic N) is 5. The van der Waals surface area contributed by atoms with E-state index in [2.05, 4.69) is 49.4 Å². The van der Waals surface area contributed by atoms with Gasteiger partial charge in [0.25, 0.3) is 0 Å². The van der Waals surface area contributed by atoms with Crippen molar-refractivity contribution in [3.8, 4) is 11.8 Å². The van der Waals surface area contributed by atoms with Crippen molar-refractivity contribution < 1.29 is 23.5 Å². The van der Waals surface area contributed by atoms with E-state index in [9.17, 15) is 23.5 Å². The lowest BCUT2D eigenvalue weighted by molar-refractivity contribution is -0.131. The van der Waals surface area contributed by atoms with Gasteiger partial charge in [0.1, 0.15) is 17.2 Å². The van der Waals surface area contributed by atoms with E-state index in [1.54, 1.807) is 54.6 Å². The number of carbonyl (C=O) groups excluding carboxylic acids is 2. The minimum Gasteiger partial charge on any atom is -0.377 e. The van der Waals surface area contributed by atoms with E-state index in [0.29, 0.717) is 41.5 Å². The molecule has 2 atom stereocenters. The van der Waals surface area contributed by atoms with Gasteiger partial charge < -0.3 is 19.8 Å². The first-order valence-electron chi connectivity index (χ1n) is 21.2. The Balaban J connectivity index is 0.000000219. The molecule has 3 heterocycles. The van der Waals surface area contributed by atoms with Crippen LogP contribution in [0.4, 0.5) is 8.78 Å². The molecule has 4 aromatic carbocycles. The number of piperidine rings is 1. The lowest BCUT2D eigenvalue weighted by Gasteiger charge is -2.39. The number of rotatable bonds is 8. The molecule has 63 heavy (non-hydrogen) atoms. The molecule has 3 aliphatic heterocycles. The second kappa shape index (κ2) is 22.5. The average molecular weight is 962 g/mol. The molecule has 0 aliphatic carbocycles. The average Bonchev–Trinajstić information content (AvgIpc) is 3.25. The zero-order chi connectivity index (χ0) is 45.1. The quantitative estimate of drug-likeness (QED) is 0.141. The Kier molecular flexibility index (Phi) is 17.2. The summed E-state index contributed by atoms with van der Waals surface area (Å²) >= 11 is 15.6. The van der Waals surface area contributed by atoms with Crippen LogP contribution in [0.5, 0.6) is 0 Å². The van der Waals surface area contributed by atoms with Gasteiger partial charge in [-0.15, -0.1) is 0 Å². The van der Waals surface area contributed by atoms with Gasteiger partial charge in [0.2, 0.25) is 11.8 Å². The molecule has 0 unspecified atom stereocenters. The van der Waals surface area contributed by atoms with Crippen molar-refractivity contribution in [3.63, 3.8) is 0 Å². The number of halogens is 5. The van der Waals surface area contributed by atoms with Gasteiger partial charge in [-0.05, 0) is 104 Å². The van der Waals surface area contributed by atoms with Crippen LogP contribution in [-0.4, -0.2) is 119 Å². The number of hydrogen-bond acceptors (Lipinski definition) is 6. The fourth-order valence-corrected chi connectivity index (χ4v) is 8.92. The molecule has 0 radical (unpaired) electrons. The molecular weight excluding hydrogens is 907 g/mol. The van der Waals surface area contributed by atoms with Crippen molar-refractivity contribution in [2.75, 3.05) is 59.4 Å². The molecule has 3 aliphatic rings.